The standard InChI is InChI=1S/C23H28N2O6/c1-12-14-10-25-8-7-23(18(25)9-13(14)15(11-31-12)21(26)30-4)16-5-6-17(28-2)20(29-3)19(16)24-22(23)27/h5-6,11-14,18H,7-10H2,1-4H3,(H,24,27)/t12-,13-,14+,18-,23-/m0/s1. The molecule has 0 radical (unpaired) electrons. The van der Waals surface area contributed by atoms with Gasteiger partial charge in [-0.3, -0.25) is 9.69 Å². The van der Waals surface area contributed by atoms with E-state index in [1.807, 2.05) is 19.1 Å². The van der Waals surface area contributed by atoms with Crippen LogP contribution in [-0.4, -0.2) is 63.3 Å². The fourth-order valence-corrected chi connectivity index (χ4v) is 6.20. The summed E-state index contributed by atoms with van der Waals surface area (Å²) in [5, 5.41) is 3.08. The van der Waals surface area contributed by atoms with Crippen molar-refractivity contribution in [3.63, 3.8) is 0 Å². The van der Waals surface area contributed by atoms with Crippen molar-refractivity contribution in [1.82, 2.24) is 4.90 Å². The number of benzene rings is 1. The van der Waals surface area contributed by atoms with E-state index in [1.54, 1.807) is 20.5 Å². The molecule has 1 amide bonds. The molecule has 31 heavy (non-hydrogen) atoms. The van der Waals surface area contributed by atoms with Gasteiger partial charge in [0, 0.05) is 24.4 Å². The smallest absolute Gasteiger partial charge is 0.337 e. The van der Waals surface area contributed by atoms with Crippen molar-refractivity contribution >= 4 is 17.6 Å². The van der Waals surface area contributed by atoms with Gasteiger partial charge in [-0.05, 0) is 37.9 Å². The predicted molar refractivity (Wildman–Crippen MR) is 112 cm³/mol. The third-order valence-electron chi connectivity index (χ3n) is 7.75. The first-order valence-corrected chi connectivity index (χ1v) is 10.7. The molecule has 1 aromatic carbocycles. The van der Waals surface area contributed by atoms with Crippen LogP contribution in [0.25, 0.3) is 0 Å². The summed E-state index contributed by atoms with van der Waals surface area (Å²) in [4.78, 5) is 28.4. The number of piperidine rings is 1. The maximum absolute atomic E-state index is 13.5. The molecule has 8 heteroatoms. The highest BCUT2D eigenvalue weighted by atomic mass is 16.5. The molecule has 2 fully saturated rings. The molecule has 0 bridgehead atoms. The van der Waals surface area contributed by atoms with Crippen LogP contribution in [0.5, 0.6) is 11.5 Å². The second kappa shape index (κ2) is 7.15. The van der Waals surface area contributed by atoms with Crippen LogP contribution in [0.2, 0.25) is 0 Å². The lowest BCUT2D eigenvalue weighted by atomic mass is 9.66. The topological polar surface area (TPSA) is 86.3 Å². The number of hydrogen-bond acceptors (Lipinski definition) is 7. The average molecular weight is 428 g/mol. The summed E-state index contributed by atoms with van der Waals surface area (Å²) in [6.07, 6.45) is 2.98. The molecule has 4 aliphatic rings. The highest BCUT2D eigenvalue weighted by Crippen LogP contribution is 2.56. The fraction of sp³-hybridized carbons (Fsp3) is 0.565. The molecule has 4 heterocycles. The Morgan fingerprint density at radius 2 is 2.06 bits per heavy atom. The van der Waals surface area contributed by atoms with Gasteiger partial charge in [-0.2, -0.15) is 0 Å². The maximum Gasteiger partial charge on any atom is 0.337 e. The van der Waals surface area contributed by atoms with Crippen molar-refractivity contribution in [3.05, 3.63) is 29.5 Å². The molecule has 1 aromatic rings. The molecule has 4 aliphatic heterocycles. The molecular formula is C23H28N2O6. The van der Waals surface area contributed by atoms with Gasteiger partial charge in [0.2, 0.25) is 5.91 Å². The van der Waals surface area contributed by atoms with Gasteiger partial charge < -0.3 is 24.3 Å². The molecular weight excluding hydrogens is 400 g/mol. The van der Waals surface area contributed by atoms with Crippen LogP contribution >= 0.6 is 0 Å². The summed E-state index contributed by atoms with van der Waals surface area (Å²) in [5.41, 5.74) is 1.53. The Hall–Kier alpha value is -2.74. The molecule has 0 aliphatic carbocycles. The van der Waals surface area contributed by atoms with Crippen LogP contribution in [0.4, 0.5) is 5.69 Å². The quantitative estimate of drug-likeness (QED) is 0.738. The van der Waals surface area contributed by atoms with Crippen molar-refractivity contribution < 1.29 is 28.5 Å². The minimum absolute atomic E-state index is 0.00459. The van der Waals surface area contributed by atoms with Gasteiger partial charge in [0.1, 0.15) is 0 Å². The van der Waals surface area contributed by atoms with Crippen LogP contribution in [0.15, 0.2) is 24.0 Å². The highest BCUT2D eigenvalue weighted by molar-refractivity contribution is 6.09. The van der Waals surface area contributed by atoms with Crippen molar-refractivity contribution in [2.75, 3.05) is 39.7 Å². The Morgan fingerprint density at radius 3 is 2.77 bits per heavy atom. The number of amides is 1. The van der Waals surface area contributed by atoms with E-state index in [0.29, 0.717) is 29.2 Å². The van der Waals surface area contributed by atoms with Gasteiger partial charge in [-0.1, -0.05) is 6.07 Å². The Balaban J connectivity index is 1.57. The monoisotopic (exact) mass is 428 g/mol. The minimum Gasteiger partial charge on any atom is -0.497 e. The molecule has 0 saturated carbocycles. The van der Waals surface area contributed by atoms with Gasteiger partial charge in [0.15, 0.2) is 11.5 Å². The number of rotatable bonds is 3. The Bertz CT molecular complexity index is 975. The normalized spacial score (nSPS) is 33.5. The van der Waals surface area contributed by atoms with Crippen LogP contribution in [0.3, 0.4) is 0 Å². The summed E-state index contributed by atoms with van der Waals surface area (Å²) in [6, 6.07) is 3.82. The third kappa shape index (κ3) is 2.63. The maximum atomic E-state index is 13.5. The van der Waals surface area contributed by atoms with E-state index in [9.17, 15) is 9.59 Å². The van der Waals surface area contributed by atoms with Crippen LogP contribution in [0, 0.1) is 11.8 Å². The molecule has 1 N–H and O–H groups in total. The second-order valence-corrected chi connectivity index (χ2v) is 8.82. The first-order chi connectivity index (χ1) is 15.0. The number of methoxy groups -OCH3 is 3. The van der Waals surface area contributed by atoms with Crippen molar-refractivity contribution in [2.24, 2.45) is 11.8 Å². The van der Waals surface area contributed by atoms with E-state index in [0.717, 1.165) is 25.1 Å². The van der Waals surface area contributed by atoms with Gasteiger partial charge in [0.25, 0.3) is 0 Å². The van der Waals surface area contributed by atoms with E-state index < -0.39 is 5.41 Å². The number of hydrogen-bond donors (Lipinski definition) is 1. The van der Waals surface area contributed by atoms with E-state index in [4.69, 9.17) is 18.9 Å². The van der Waals surface area contributed by atoms with E-state index in [2.05, 4.69) is 10.2 Å². The molecule has 5 atom stereocenters. The first kappa shape index (κ1) is 20.2. The lowest BCUT2D eigenvalue weighted by Gasteiger charge is -2.48. The van der Waals surface area contributed by atoms with Crippen LogP contribution in [0.1, 0.15) is 25.3 Å². The molecule has 2 saturated heterocycles. The predicted octanol–water partition coefficient (Wildman–Crippen LogP) is 2.08. The summed E-state index contributed by atoms with van der Waals surface area (Å²) >= 11 is 0. The zero-order valence-electron chi connectivity index (χ0n) is 18.3. The number of nitrogens with zero attached hydrogens (tertiary/aromatic N) is 1. The molecule has 8 nitrogen and oxygen atoms in total. The fourth-order valence-electron chi connectivity index (χ4n) is 6.20. The highest BCUT2D eigenvalue weighted by Gasteiger charge is 2.61. The molecule has 0 aromatic heterocycles. The van der Waals surface area contributed by atoms with Crippen molar-refractivity contribution in [2.45, 2.75) is 37.3 Å². The number of carbonyl (C=O) groups is 2. The zero-order chi connectivity index (χ0) is 21.9. The van der Waals surface area contributed by atoms with Crippen molar-refractivity contribution in [1.29, 1.82) is 0 Å². The first-order valence-electron chi connectivity index (χ1n) is 10.7. The third-order valence-corrected chi connectivity index (χ3v) is 7.75. The Kier molecular flexibility index (Phi) is 4.66. The van der Waals surface area contributed by atoms with Gasteiger partial charge in [-0.15, -0.1) is 0 Å². The Labute approximate surface area is 181 Å². The number of esters is 1. The summed E-state index contributed by atoms with van der Waals surface area (Å²) in [5.74, 6) is 0.941. The molecule has 1 spiro atoms. The SMILES string of the molecule is COC(=O)C1=CO[C@@H](C)[C@H]2CN3CC[C@@]4(C(=O)Nc5c4ccc(OC)c5OC)[C@@H]3C[C@H]12. The number of nitrogens with one attached hydrogen (secondary N) is 1. The van der Waals surface area contributed by atoms with Gasteiger partial charge in [-0.25, -0.2) is 4.79 Å². The summed E-state index contributed by atoms with van der Waals surface area (Å²) < 4.78 is 21.8. The second-order valence-electron chi connectivity index (χ2n) is 8.82. The largest absolute Gasteiger partial charge is 0.497 e. The van der Waals surface area contributed by atoms with Gasteiger partial charge >= 0.3 is 5.97 Å². The van der Waals surface area contributed by atoms with Crippen LogP contribution < -0.4 is 14.8 Å². The van der Waals surface area contributed by atoms with E-state index in [1.165, 1.54) is 7.11 Å². The Morgan fingerprint density at radius 1 is 1.26 bits per heavy atom. The summed E-state index contributed by atoms with van der Waals surface area (Å²) in [7, 11) is 4.56. The number of ether oxygens (including phenoxy) is 4. The van der Waals surface area contributed by atoms with Gasteiger partial charge in [0.05, 0.1) is 50.4 Å². The number of fused-ring (bicyclic) bond motifs is 5. The molecule has 5 rings (SSSR count). The van der Waals surface area contributed by atoms with E-state index >= 15 is 0 Å². The lowest BCUT2D eigenvalue weighted by Crippen LogP contribution is -2.56. The van der Waals surface area contributed by atoms with Crippen LogP contribution in [-0.2, 0) is 24.5 Å². The molecule has 0 unspecified atom stereocenters. The van der Waals surface area contributed by atoms with E-state index in [-0.39, 0.29) is 35.9 Å². The summed E-state index contributed by atoms with van der Waals surface area (Å²) in [6.45, 7) is 3.64. The van der Waals surface area contributed by atoms with Crippen molar-refractivity contribution in [3.8, 4) is 11.5 Å². The average Bonchev–Trinajstić information content (AvgIpc) is 3.30. The number of carbonyl (C=O) groups excluding carboxylic acids is 2. The lowest BCUT2D eigenvalue weighted by molar-refractivity contribution is -0.139. The number of anilines is 1. The zero-order valence-corrected chi connectivity index (χ0v) is 18.3. The minimum atomic E-state index is -0.678. The molecule has 166 valence electrons.